The molecular weight excluding hydrogens is 295 g/mol. The Morgan fingerprint density at radius 3 is 1.60 bits per heavy atom. The maximum Gasteiger partial charge on any atom is 0.450 e. The third kappa shape index (κ3) is 9.11. The highest BCUT2D eigenvalue weighted by molar-refractivity contribution is 6.00. The molecule has 10 heteroatoms. The Hall–Kier alpha value is -1.87. The van der Waals surface area contributed by atoms with Gasteiger partial charge in [-0.2, -0.15) is 13.2 Å². The van der Waals surface area contributed by atoms with E-state index in [0.29, 0.717) is 6.92 Å². The van der Waals surface area contributed by atoms with E-state index < -0.39 is 48.3 Å². The van der Waals surface area contributed by atoms with Crippen LogP contribution < -0.4 is 0 Å². The molecule has 0 aromatic heterocycles. The topological polar surface area (TPSA) is 88.5 Å². The minimum absolute atomic E-state index is 0.527. The van der Waals surface area contributed by atoms with Crippen LogP contribution in [0.1, 0.15) is 20.3 Å². The monoisotopic (exact) mass is 306 g/mol. The molecule has 0 aliphatic carbocycles. The molecule has 0 heterocycles. The molecule has 0 amide bonds. The molecule has 5 nitrogen and oxygen atoms in total. The molecule has 0 aliphatic heterocycles. The van der Waals surface area contributed by atoms with E-state index in [2.05, 4.69) is 0 Å². The number of carboxylic acid groups (broad SMARTS) is 1. The number of carbonyl (C=O) groups excluding carboxylic acids is 3. The molecule has 0 aromatic carbocycles. The quantitative estimate of drug-likeness (QED) is 0.616. The minimum atomic E-state index is -5.06. The van der Waals surface area contributed by atoms with Gasteiger partial charge in [0.2, 0.25) is 11.6 Å². The number of hydrogen-bond acceptors (Lipinski definition) is 4. The predicted molar refractivity (Wildman–Crippen MR) is 54.2 cm³/mol. The summed E-state index contributed by atoms with van der Waals surface area (Å²) in [4.78, 5) is 40.0. The summed E-state index contributed by atoms with van der Waals surface area (Å²) in [5.74, 6) is -7.85. The third-order valence-electron chi connectivity index (χ3n) is 1.71. The van der Waals surface area contributed by atoms with E-state index in [1.165, 1.54) is 0 Å². The van der Waals surface area contributed by atoms with Gasteiger partial charge in [0.25, 0.3) is 6.43 Å². The Bertz CT molecular complexity index is 388. The van der Waals surface area contributed by atoms with Crippen LogP contribution in [0, 0.1) is 5.92 Å². The number of rotatable bonds is 5. The molecule has 1 N–H and O–H groups in total. The largest absolute Gasteiger partial charge is 0.481 e. The zero-order valence-electron chi connectivity index (χ0n) is 10.3. The van der Waals surface area contributed by atoms with E-state index in [1.807, 2.05) is 0 Å². The summed E-state index contributed by atoms with van der Waals surface area (Å²) in [5, 5.41) is 7.99. The van der Waals surface area contributed by atoms with Crippen molar-refractivity contribution in [2.75, 3.05) is 0 Å². The van der Waals surface area contributed by atoms with E-state index in [0.717, 1.165) is 6.92 Å². The first-order valence-electron chi connectivity index (χ1n) is 4.94. The summed E-state index contributed by atoms with van der Waals surface area (Å²) in [6.07, 6.45) is -8.72. The van der Waals surface area contributed by atoms with Gasteiger partial charge < -0.3 is 5.11 Å². The number of Topliss-reactive ketones (excluding diaryl/α,β-unsaturated/α-hetero) is 3. The van der Waals surface area contributed by atoms with Crippen LogP contribution in [0.3, 0.4) is 0 Å². The third-order valence-corrected chi connectivity index (χ3v) is 1.71. The summed E-state index contributed by atoms with van der Waals surface area (Å²) in [5.41, 5.74) is 0. The van der Waals surface area contributed by atoms with E-state index >= 15 is 0 Å². The molecular formula is C10H11F5O5. The molecule has 0 saturated carbocycles. The first kappa shape index (κ1) is 20.4. The molecule has 1 atom stereocenters. The Balaban J connectivity index is 0. The smallest absolute Gasteiger partial charge is 0.450 e. The van der Waals surface area contributed by atoms with Crippen LogP contribution in [0.15, 0.2) is 0 Å². The molecule has 1 unspecified atom stereocenters. The molecule has 0 bridgehead atoms. The van der Waals surface area contributed by atoms with Crippen molar-refractivity contribution < 1.29 is 46.2 Å². The zero-order valence-corrected chi connectivity index (χ0v) is 10.3. The van der Waals surface area contributed by atoms with Crippen molar-refractivity contribution in [3.63, 3.8) is 0 Å². The lowest BCUT2D eigenvalue weighted by Crippen LogP contribution is -2.33. The highest BCUT2D eigenvalue weighted by Crippen LogP contribution is 2.20. The first-order chi connectivity index (χ1) is 8.80. The van der Waals surface area contributed by atoms with Gasteiger partial charge in [-0.25, -0.2) is 8.78 Å². The van der Waals surface area contributed by atoms with Crippen LogP contribution in [0.4, 0.5) is 22.0 Å². The normalized spacial score (nSPS) is 12.2. The van der Waals surface area contributed by atoms with Crippen molar-refractivity contribution in [3.05, 3.63) is 0 Å². The highest BCUT2D eigenvalue weighted by Gasteiger charge is 2.44. The lowest BCUT2D eigenvalue weighted by Gasteiger charge is -2.07. The van der Waals surface area contributed by atoms with Crippen molar-refractivity contribution in [1.29, 1.82) is 0 Å². The molecule has 0 fully saturated rings. The molecule has 0 rings (SSSR count). The number of halogens is 5. The maximum absolute atomic E-state index is 11.4. The lowest BCUT2D eigenvalue weighted by molar-refractivity contribution is -0.178. The van der Waals surface area contributed by atoms with Gasteiger partial charge in [-0.05, 0) is 13.8 Å². The fraction of sp³-hybridized carbons (Fsp3) is 0.600. The predicted octanol–water partition coefficient (Wildman–Crippen LogP) is 1.64. The van der Waals surface area contributed by atoms with Gasteiger partial charge in [-0.3, -0.25) is 19.2 Å². The van der Waals surface area contributed by atoms with Crippen LogP contribution in [0.5, 0.6) is 0 Å². The van der Waals surface area contributed by atoms with Gasteiger partial charge in [0.15, 0.2) is 0 Å². The van der Waals surface area contributed by atoms with Crippen molar-refractivity contribution in [1.82, 2.24) is 0 Å². The number of carbonyl (C=O) groups is 4. The molecule has 0 spiro atoms. The number of carboxylic acids is 1. The molecule has 0 saturated heterocycles. The zero-order chi connectivity index (χ0) is 16.7. The minimum Gasteiger partial charge on any atom is -0.481 e. The van der Waals surface area contributed by atoms with E-state index in [1.54, 1.807) is 0 Å². The van der Waals surface area contributed by atoms with Crippen molar-refractivity contribution >= 4 is 23.3 Å². The van der Waals surface area contributed by atoms with Gasteiger partial charge >= 0.3 is 12.1 Å². The number of hydrogen-bond donors (Lipinski definition) is 1. The Morgan fingerprint density at radius 2 is 1.50 bits per heavy atom. The summed E-state index contributed by atoms with van der Waals surface area (Å²) in [7, 11) is 0. The van der Waals surface area contributed by atoms with Crippen LogP contribution in [-0.4, -0.2) is 41.0 Å². The molecule has 116 valence electrons. The van der Waals surface area contributed by atoms with Crippen LogP contribution in [-0.2, 0) is 19.2 Å². The SMILES string of the molecule is CC(=O)CC(=O)C(F)F.CC(C(=O)O)C(=O)C(F)(F)F. The Kier molecular flexibility index (Phi) is 8.52. The van der Waals surface area contributed by atoms with Gasteiger partial charge in [-0.1, -0.05) is 0 Å². The van der Waals surface area contributed by atoms with Crippen LogP contribution in [0.25, 0.3) is 0 Å². The average molecular weight is 306 g/mol. The van der Waals surface area contributed by atoms with Crippen molar-refractivity contribution in [2.45, 2.75) is 32.9 Å². The summed E-state index contributed by atoms with van der Waals surface area (Å²) >= 11 is 0. The molecule has 20 heavy (non-hydrogen) atoms. The van der Waals surface area contributed by atoms with Gasteiger partial charge in [0.1, 0.15) is 11.7 Å². The molecule has 0 aromatic rings. The number of alkyl halides is 5. The standard InChI is InChI=1S/C5H5F3O3.C5H6F2O2/c1-2(4(10)11)3(9)5(6,7)8;1-3(8)2-4(9)5(6)7/h2H,1H3,(H,10,11);5H,2H2,1H3. The van der Waals surface area contributed by atoms with Crippen LogP contribution >= 0.6 is 0 Å². The lowest BCUT2D eigenvalue weighted by atomic mass is 10.1. The summed E-state index contributed by atoms with van der Waals surface area (Å²) in [6, 6.07) is 0. The Morgan fingerprint density at radius 1 is 1.10 bits per heavy atom. The maximum atomic E-state index is 11.4. The van der Waals surface area contributed by atoms with E-state index in [9.17, 15) is 41.1 Å². The second-order valence-electron chi connectivity index (χ2n) is 3.57. The molecule has 0 radical (unpaired) electrons. The van der Waals surface area contributed by atoms with Crippen molar-refractivity contribution in [2.24, 2.45) is 5.92 Å². The van der Waals surface area contributed by atoms with Gasteiger partial charge in [-0.15, -0.1) is 0 Å². The van der Waals surface area contributed by atoms with E-state index in [-0.39, 0.29) is 0 Å². The van der Waals surface area contributed by atoms with Gasteiger partial charge in [0, 0.05) is 0 Å². The van der Waals surface area contributed by atoms with Crippen LogP contribution in [0.2, 0.25) is 0 Å². The van der Waals surface area contributed by atoms with Gasteiger partial charge in [0.05, 0.1) is 6.42 Å². The number of ketones is 3. The number of aliphatic carboxylic acids is 1. The first-order valence-corrected chi connectivity index (χ1v) is 4.94. The average Bonchev–Trinajstić information content (AvgIpc) is 2.25. The second kappa shape index (κ2) is 8.33. The highest BCUT2D eigenvalue weighted by atomic mass is 19.4. The van der Waals surface area contributed by atoms with Crippen molar-refractivity contribution in [3.8, 4) is 0 Å². The summed E-state index contributed by atoms with van der Waals surface area (Å²) < 4.78 is 56.9. The second-order valence-corrected chi connectivity index (χ2v) is 3.57. The molecule has 0 aliphatic rings. The Labute approximate surface area is 109 Å². The fourth-order valence-electron chi connectivity index (χ4n) is 0.680. The summed E-state index contributed by atoms with van der Waals surface area (Å²) in [6.45, 7) is 1.79. The fourth-order valence-corrected chi connectivity index (χ4v) is 0.680. The van der Waals surface area contributed by atoms with E-state index in [4.69, 9.17) is 5.11 Å².